The van der Waals surface area contributed by atoms with E-state index in [4.69, 9.17) is 11.6 Å². The zero-order chi connectivity index (χ0) is 19.5. The van der Waals surface area contributed by atoms with Crippen molar-refractivity contribution in [3.8, 4) is 17.1 Å². The van der Waals surface area contributed by atoms with E-state index in [1.54, 1.807) is 0 Å². The van der Waals surface area contributed by atoms with E-state index >= 15 is 0 Å². The third-order valence-electron chi connectivity index (χ3n) is 4.78. The molecule has 0 radical (unpaired) electrons. The molecule has 0 unspecified atom stereocenters. The monoisotopic (exact) mass is 412 g/mol. The Labute approximate surface area is 173 Å². The lowest BCUT2D eigenvalue weighted by Gasteiger charge is -2.15. The minimum absolute atomic E-state index is 0.161. The number of hydrogen-bond donors (Lipinski definition) is 0. The SMILES string of the molecule is Cc1cccc(-n2c(SCC(=O)N3CCCC3)nnc2-c2ccc(Cl)cc2)c1. The molecule has 4 rings (SSSR count). The van der Waals surface area contributed by atoms with Crippen LogP contribution in [0.25, 0.3) is 17.1 Å². The van der Waals surface area contributed by atoms with E-state index in [-0.39, 0.29) is 5.91 Å². The highest BCUT2D eigenvalue weighted by molar-refractivity contribution is 7.99. The summed E-state index contributed by atoms with van der Waals surface area (Å²) in [6, 6.07) is 15.7. The van der Waals surface area contributed by atoms with E-state index in [0.29, 0.717) is 15.9 Å². The van der Waals surface area contributed by atoms with Crippen LogP contribution in [-0.2, 0) is 4.79 Å². The zero-order valence-electron chi connectivity index (χ0n) is 15.6. The van der Waals surface area contributed by atoms with Gasteiger partial charge >= 0.3 is 0 Å². The maximum absolute atomic E-state index is 12.5. The predicted octanol–water partition coefficient (Wildman–Crippen LogP) is 4.61. The zero-order valence-corrected chi connectivity index (χ0v) is 17.2. The Morgan fingerprint density at radius 3 is 2.57 bits per heavy atom. The van der Waals surface area contributed by atoms with Crippen molar-refractivity contribution in [3.63, 3.8) is 0 Å². The molecule has 0 spiro atoms. The number of halogens is 1. The van der Waals surface area contributed by atoms with Crippen molar-refractivity contribution in [2.45, 2.75) is 24.9 Å². The lowest BCUT2D eigenvalue weighted by Crippen LogP contribution is -2.29. The maximum Gasteiger partial charge on any atom is 0.233 e. The van der Waals surface area contributed by atoms with Crippen molar-refractivity contribution in [2.75, 3.05) is 18.8 Å². The Morgan fingerprint density at radius 2 is 1.86 bits per heavy atom. The van der Waals surface area contributed by atoms with E-state index in [1.807, 2.05) is 45.9 Å². The molecule has 28 heavy (non-hydrogen) atoms. The second-order valence-corrected chi connectivity index (χ2v) is 8.24. The molecule has 7 heteroatoms. The Morgan fingerprint density at radius 1 is 1.11 bits per heavy atom. The molecule has 0 saturated carbocycles. The number of benzene rings is 2. The first kappa shape index (κ1) is 19.0. The van der Waals surface area contributed by atoms with Gasteiger partial charge in [-0.2, -0.15) is 0 Å². The number of thioether (sulfide) groups is 1. The number of rotatable bonds is 5. The highest BCUT2D eigenvalue weighted by Crippen LogP contribution is 2.29. The molecule has 0 aliphatic carbocycles. The van der Waals surface area contributed by atoms with Gasteiger partial charge in [0.1, 0.15) is 0 Å². The highest BCUT2D eigenvalue weighted by atomic mass is 35.5. The average Bonchev–Trinajstić information content (AvgIpc) is 3.37. The smallest absolute Gasteiger partial charge is 0.233 e. The molecule has 2 aromatic carbocycles. The van der Waals surface area contributed by atoms with Crippen molar-refractivity contribution in [1.82, 2.24) is 19.7 Å². The summed E-state index contributed by atoms with van der Waals surface area (Å²) < 4.78 is 2.01. The number of aryl methyl sites for hydroxylation is 1. The van der Waals surface area contributed by atoms with Crippen LogP contribution in [0.4, 0.5) is 0 Å². The Balaban J connectivity index is 1.67. The lowest BCUT2D eigenvalue weighted by molar-refractivity contribution is -0.127. The van der Waals surface area contributed by atoms with Gasteiger partial charge in [0, 0.05) is 29.4 Å². The summed E-state index contributed by atoms with van der Waals surface area (Å²) in [7, 11) is 0. The largest absolute Gasteiger partial charge is 0.342 e. The van der Waals surface area contributed by atoms with Gasteiger partial charge in [-0.25, -0.2) is 0 Å². The quantitative estimate of drug-likeness (QED) is 0.574. The number of aromatic nitrogens is 3. The van der Waals surface area contributed by atoms with Gasteiger partial charge in [0.15, 0.2) is 11.0 Å². The first-order valence-electron chi connectivity index (χ1n) is 9.31. The van der Waals surface area contributed by atoms with Crippen LogP contribution in [0.2, 0.25) is 5.02 Å². The van der Waals surface area contributed by atoms with Gasteiger partial charge in [0.2, 0.25) is 5.91 Å². The molecule has 1 amide bonds. The number of hydrogen-bond acceptors (Lipinski definition) is 4. The average molecular weight is 413 g/mol. The molecule has 2 heterocycles. The highest BCUT2D eigenvalue weighted by Gasteiger charge is 2.21. The summed E-state index contributed by atoms with van der Waals surface area (Å²) >= 11 is 7.47. The third-order valence-corrected chi connectivity index (χ3v) is 5.94. The molecule has 1 aliphatic heterocycles. The van der Waals surface area contributed by atoms with Crippen molar-refractivity contribution >= 4 is 29.3 Å². The van der Waals surface area contributed by atoms with Crippen LogP contribution in [0.3, 0.4) is 0 Å². The molecule has 1 saturated heterocycles. The normalized spacial score (nSPS) is 13.9. The molecule has 3 aromatic rings. The van der Waals surface area contributed by atoms with Crippen LogP contribution in [0.1, 0.15) is 18.4 Å². The van der Waals surface area contributed by atoms with Crippen LogP contribution in [0.5, 0.6) is 0 Å². The summed E-state index contributed by atoms with van der Waals surface area (Å²) in [6.07, 6.45) is 2.19. The molecule has 5 nitrogen and oxygen atoms in total. The van der Waals surface area contributed by atoms with Gasteiger partial charge in [0.25, 0.3) is 0 Å². The molecule has 1 fully saturated rings. The Hall–Kier alpha value is -2.31. The summed E-state index contributed by atoms with van der Waals surface area (Å²) in [5.41, 5.74) is 3.06. The van der Waals surface area contributed by atoms with Gasteiger partial charge < -0.3 is 4.90 Å². The van der Waals surface area contributed by atoms with Crippen molar-refractivity contribution in [1.29, 1.82) is 0 Å². The van der Waals surface area contributed by atoms with E-state index in [1.165, 1.54) is 11.8 Å². The van der Waals surface area contributed by atoms with Gasteiger partial charge in [-0.1, -0.05) is 35.5 Å². The van der Waals surface area contributed by atoms with Crippen molar-refractivity contribution in [2.24, 2.45) is 0 Å². The standard InChI is InChI=1S/C21H21ClN4OS/c1-15-5-4-6-18(13-15)26-20(16-7-9-17(22)10-8-16)23-24-21(26)28-14-19(27)25-11-2-3-12-25/h4-10,13H,2-3,11-12,14H2,1H3. The van der Waals surface area contributed by atoms with Crippen LogP contribution in [-0.4, -0.2) is 44.4 Å². The van der Waals surface area contributed by atoms with Crippen LogP contribution >= 0.6 is 23.4 Å². The van der Waals surface area contributed by atoms with Gasteiger partial charge in [-0.15, -0.1) is 10.2 Å². The van der Waals surface area contributed by atoms with E-state index in [2.05, 4.69) is 29.3 Å². The first-order valence-corrected chi connectivity index (χ1v) is 10.7. The fourth-order valence-electron chi connectivity index (χ4n) is 3.33. The topological polar surface area (TPSA) is 51.0 Å². The summed E-state index contributed by atoms with van der Waals surface area (Å²) in [4.78, 5) is 14.4. The summed E-state index contributed by atoms with van der Waals surface area (Å²) in [6.45, 7) is 3.78. The molecule has 1 aliphatic rings. The van der Waals surface area contributed by atoms with E-state index < -0.39 is 0 Å². The molecular weight excluding hydrogens is 392 g/mol. The van der Waals surface area contributed by atoms with E-state index in [9.17, 15) is 4.79 Å². The molecule has 0 bridgehead atoms. The molecule has 0 N–H and O–H groups in total. The number of nitrogens with zero attached hydrogens (tertiary/aromatic N) is 4. The minimum atomic E-state index is 0.161. The third kappa shape index (κ3) is 4.08. The Bertz CT molecular complexity index is 980. The van der Waals surface area contributed by atoms with Crippen molar-refractivity contribution < 1.29 is 4.79 Å². The fourth-order valence-corrected chi connectivity index (χ4v) is 4.31. The molecule has 0 atom stereocenters. The van der Waals surface area contributed by atoms with Gasteiger partial charge in [-0.3, -0.25) is 9.36 Å². The first-order chi connectivity index (χ1) is 13.6. The number of carbonyl (C=O) groups is 1. The maximum atomic E-state index is 12.5. The molecule has 144 valence electrons. The summed E-state index contributed by atoms with van der Waals surface area (Å²) in [5, 5.41) is 10.2. The van der Waals surface area contributed by atoms with Crippen molar-refractivity contribution in [3.05, 3.63) is 59.1 Å². The van der Waals surface area contributed by atoms with Gasteiger partial charge in [-0.05, 0) is 61.7 Å². The minimum Gasteiger partial charge on any atom is -0.342 e. The fraction of sp³-hybridized carbons (Fsp3) is 0.286. The van der Waals surface area contributed by atoms with Crippen LogP contribution in [0, 0.1) is 6.92 Å². The second kappa shape index (κ2) is 8.37. The number of carbonyl (C=O) groups excluding carboxylic acids is 1. The number of likely N-dealkylation sites (tertiary alicyclic amines) is 1. The lowest BCUT2D eigenvalue weighted by atomic mass is 10.2. The number of amides is 1. The molecule has 1 aromatic heterocycles. The van der Waals surface area contributed by atoms with Crippen LogP contribution in [0.15, 0.2) is 53.7 Å². The Kier molecular flexibility index (Phi) is 5.69. The van der Waals surface area contributed by atoms with E-state index in [0.717, 1.165) is 48.6 Å². The summed E-state index contributed by atoms with van der Waals surface area (Å²) in [5.74, 6) is 1.26. The predicted molar refractivity (Wildman–Crippen MR) is 113 cm³/mol. The van der Waals surface area contributed by atoms with Crippen LogP contribution < -0.4 is 0 Å². The van der Waals surface area contributed by atoms with Gasteiger partial charge in [0.05, 0.1) is 5.75 Å². The second-order valence-electron chi connectivity index (χ2n) is 6.86. The molecular formula is C21H21ClN4OS.